The molecule has 6 nitrogen and oxygen atoms in total. The number of aryl methyl sites for hydroxylation is 2. The quantitative estimate of drug-likeness (QED) is 0.923. The van der Waals surface area contributed by atoms with Crippen molar-refractivity contribution in [1.82, 2.24) is 14.8 Å². The van der Waals surface area contributed by atoms with E-state index >= 15 is 0 Å². The highest BCUT2D eigenvalue weighted by molar-refractivity contribution is 5.94. The maximum absolute atomic E-state index is 12.1. The first-order valence-corrected chi connectivity index (χ1v) is 6.96. The molecule has 1 aromatic heterocycles. The van der Waals surface area contributed by atoms with Crippen molar-refractivity contribution in [2.45, 2.75) is 33.3 Å². The summed E-state index contributed by atoms with van der Waals surface area (Å²) in [6.45, 7) is 8.11. The third kappa shape index (κ3) is 5.13. The van der Waals surface area contributed by atoms with E-state index < -0.39 is 11.7 Å². The van der Waals surface area contributed by atoms with Crippen molar-refractivity contribution in [3.05, 3.63) is 23.5 Å². The second-order valence-corrected chi connectivity index (χ2v) is 6.12. The van der Waals surface area contributed by atoms with E-state index in [4.69, 9.17) is 4.74 Å². The van der Waals surface area contributed by atoms with Gasteiger partial charge in [0, 0.05) is 33.4 Å². The lowest BCUT2D eigenvalue weighted by molar-refractivity contribution is 0.0299. The van der Waals surface area contributed by atoms with Crippen LogP contribution in [0.5, 0.6) is 0 Å². The molecule has 0 unspecified atom stereocenters. The van der Waals surface area contributed by atoms with Gasteiger partial charge in [-0.3, -0.25) is 4.79 Å². The van der Waals surface area contributed by atoms with E-state index in [9.17, 15) is 9.59 Å². The van der Waals surface area contributed by atoms with Crippen molar-refractivity contribution in [1.29, 1.82) is 0 Å². The number of amides is 2. The van der Waals surface area contributed by atoms with Crippen LogP contribution >= 0.6 is 0 Å². The molecular formula is C15H25N3O3. The number of ether oxygens (including phenoxy) is 1. The molecule has 0 saturated heterocycles. The minimum absolute atomic E-state index is 0.141. The minimum Gasteiger partial charge on any atom is -0.444 e. The molecule has 118 valence electrons. The Balaban J connectivity index is 2.43. The van der Waals surface area contributed by atoms with Gasteiger partial charge in [-0.2, -0.15) is 0 Å². The summed E-state index contributed by atoms with van der Waals surface area (Å²) in [6.07, 6.45) is 1.45. The number of hydrogen-bond acceptors (Lipinski definition) is 3. The van der Waals surface area contributed by atoms with Gasteiger partial charge in [0.2, 0.25) is 0 Å². The molecule has 1 heterocycles. The van der Waals surface area contributed by atoms with Crippen LogP contribution in [-0.2, 0) is 11.8 Å². The Kier molecular flexibility index (Phi) is 5.41. The predicted molar refractivity (Wildman–Crippen MR) is 81.3 cm³/mol. The summed E-state index contributed by atoms with van der Waals surface area (Å²) in [6, 6.07) is 1.89. The van der Waals surface area contributed by atoms with Crippen LogP contribution in [-0.4, -0.2) is 47.2 Å². The summed E-state index contributed by atoms with van der Waals surface area (Å²) in [5.41, 5.74) is 1.04. The molecule has 21 heavy (non-hydrogen) atoms. The maximum atomic E-state index is 12.1. The van der Waals surface area contributed by atoms with Crippen LogP contribution in [0.1, 0.15) is 36.8 Å². The number of hydrogen-bond donors (Lipinski definition) is 1. The average molecular weight is 295 g/mol. The van der Waals surface area contributed by atoms with Crippen molar-refractivity contribution in [3.8, 4) is 0 Å². The lowest BCUT2D eigenvalue weighted by Gasteiger charge is -2.24. The molecule has 0 aliphatic heterocycles. The predicted octanol–water partition coefficient (Wildman–Crippen LogP) is 1.93. The zero-order valence-electron chi connectivity index (χ0n) is 13.7. The number of carbonyl (C=O) groups is 2. The summed E-state index contributed by atoms with van der Waals surface area (Å²) < 4.78 is 7.02. The monoisotopic (exact) mass is 295 g/mol. The highest BCUT2D eigenvalue weighted by Crippen LogP contribution is 2.09. The molecule has 1 rings (SSSR count). The molecule has 2 amide bonds. The molecule has 0 saturated carbocycles. The Morgan fingerprint density at radius 3 is 2.48 bits per heavy atom. The summed E-state index contributed by atoms with van der Waals surface area (Å²) in [7, 11) is 3.47. The normalized spacial score (nSPS) is 11.1. The van der Waals surface area contributed by atoms with E-state index in [1.807, 2.05) is 47.0 Å². The fourth-order valence-corrected chi connectivity index (χ4v) is 1.85. The van der Waals surface area contributed by atoms with Gasteiger partial charge in [-0.05, 0) is 39.3 Å². The average Bonchev–Trinajstić information content (AvgIpc) is 2.66. The molecular weight excluding hydrogens is 270 g/mol. The lowest BCUT2D eigenvalue weighted by atomic mass is 10.2. The smallest absolute Gasteiger partial charge is 0.410 e. The number of nitrogens with one attached hydrogen (secondary N) is 1. The first-order valence-electron chi connectivity index (χ1n) is 6.96. The fourth-order valence-electron chi connectivity index (χ4n) is 1.85. The van der Waals surface area contributed by atoms with Crippen molar-refractivity contribution >= 4 is 12.0 Å². The molecule has 0 fully saturated rings. The summed E-state index contributed by atoms with van der Waals surface area (Å²) in [5, 5.41) is 2.81. The van der Waals surface area contributed by atoms with Crippen molar-refractivity contribution in [2.75, 3.05) is 20.1 Å². The molecule has 0 aliphatic carbocycles. The Morgan fingerprint density at radius 2 is 2.00 bits per heavy atom. The van der Waals surface area contributed by atoms with Crippen LogP contribution in [0, 0.1) is 6.92 Å². The van der Waals surface area contributed by atoms with Gasteiger partial charge in [-0.15, -0.1) is 0 Å². The second kappa shape index (κ2) is 6.65. The van der Waals surface area contributed by atoms with Crippen LogP contribution in [0.4, 0.5) is 4.79 Å². The summed E-state index contributed by atoms with van der Waals surface area (Å²) in [5.74, 6) is -0.141. The maximum Gasteiger partial charge on any atom is 0.410 e. The fraction of sp³-hybridized carbons (Fsp3) is 0.600. The Morgan fingerprint density at radius 1 is 1.38 bits per heavy atom. The van der Waals surface area contributed by atoms with Crippen molar-refractivity contribution < 1.29 is 14.3 Å². The van der Waals surface area contributed by atoms with E-state index in [1.54, 1.807) is 11.6 Å². The third-order valence-electron chi connectivity index (χ3n) is 2.93. The van der Waals surface area contributed by atoms with Gasteiger partial charge in [-0.25, -0.2) is 4.79 Å². The van der Waals surface area contributed by atoms with Crippen LogP contribution in [0.3, 0.4) is 0 Å². The van der Waals surface area contributed by atoms with E-state index in [0.717, 1.165) is 5.56 Å². The molecule has 0 aliphatic rings. The van der Waals surface area contributed by atoms with Gasteiger partial charge < -0.3 is 19.5 Å². The number of likely N-dealkylation sites (N-methyl/N-ethyl adjacent to an activating group) is 1. The van der Waals surface area contributed by atoms with Gasteiger partial charge in [0.25, 0.3) is 5.91 Å². The zero-order valence-corrected chi connectivity index (χ0v) is 13.7. The SMILES string of the molecule is Cc1ccn(C)c1C(=O)NCCN(C)C(=O)OC(C)(C)C. The molecule has 6 heteroatoms. The van der Waals surface area contributed by atoms with Crippen LogP contribution in [0.2, 0.25) is 0 Å². The Bertz CT molecular complexity index is 495. The summed E-state index contributed by atoms with van der Waals surface area (Å²) in [4.78, 5) is 25.3. The molecule has 1 aromatic rings. The molecule has 0 radical (unpaired) electrons. The number of carbonyl (C=O) groups excluding carboxylic acids is 2. The Hall–Kier alpha value is -1.98. The number of aromatic nitrogens is 1. The van der Waals surface area contributed by atoms with Crippen molar-refractivity contribution in [3.63, 3.8) is 0 Å². The number of rotatable bonds is 4. The largest absolute Gasteiger partial charge is 0.444 e. The van der Waals surface area contributed by atoms with Gasteiger partial charge in [0.05, 0.1) is 0 Å². The molecule has 0 atom stereocenters. The minimum atomic E-state index is -0.519. The van der Waals surface area contributed by atoms with E-state index in [0.29, 0.717) is 18.8 Å². The van der Waals surface area contributed by atoms with Gasteiger partial charge in [0.1, 0.15) is 11.3 Å². The lowest BCUT2D eigenvalue weighted by Crippen LogP contribution is -2.39. The van der Waals surface area contributed by atoms with Gasteiger partial charge >= 0.3 is 6.09 Å². The van der Waals surface area contributed by atoms with Crippen LogP contribution in [0.25, 0.3) is 0 Å². The van der Waals surface area contributed by atoms with E-state index in [2.05, 4.69) is 5.32 Å². The first kappa shape index (κ1) is 17.1. The second-order valence-electron chi connectivity index (χ2n) is 6.12. The van der Waals surface area contributed by atoms with Crippen LogP contribution in [0.15, 0.2) is 12.3 Å². The molecule has 1 N–H and O–H groups in total. The third-order valence-corrected chi connectivity index (χ3v) is 2.93. The summed E-state index contributed by atoms with van der Waals surface area (Å²) >= 11 is 0. The van der Waals surface area contributed by atoms with E-state index in [-0.39, 0.29) is 5.91 Å². The highest BCUT2D eigenvalue weighted by atomic mass is 16.6. The standard InChI is InChI=1S/C15H25N3O3/c1-11-7-9-17(5)12(11)13(19)16-8-10-18(6)14(20)21-15(2,3)4/h7,9H,8,10H2,1-6H3,(H,16,19). The van der Waals surface area contributed by atoms with Crippen molar-refractivity contribution in [2.24, 2.45) is 7.05 Å². The van der Waals surface area contributed by atoms with Gasteiger partial charge in [-0.1, -0.05) is 0 Å². The molecule has 0 bridgehead atoms. The topological polar surface area (TPSA) is 63.6 Å². The first-order chi connectivity index (χ1) is 9.61. The molecule has 0 spiro atoms. The van der Waals surface area contributed by atoms with Gasteiger partial charge in [0.15, 0.2) is 0 Å². The number of nitrogens with zero attached hydrogens (tertiary/aromatic N) is 2. The highest BCUT2D eigenvalue weighted by Gasteiger charge is 2.19. The zero-order chi connectivity index (χ0) is 16.2. The van der Waals surface area contributed by atoms with Crippen LogP contribution < -0.4 is 5.32 Å². The molecule has 0 aromatic carbocycles. The Labute approximate surface area is 126 Å². The van der Waals surface area contributed by atoms with E-state index in [1.165, 1.54) is 4.90 Å².